The maximum Gasteiger partial charge on any atom is 0.314 e. The summed E-state index contributed by atoms with van der Waals surface area (Å²) in [4.78, 5) is 25.4. The standard InChI is InChI=1S/C30H50N10O3/c31-18-23-17-22(1-6-27(23)43-16-15-37-7-9-40(10-8-37)29(32)41)28-33-21-34-30(36-28)35-24-2-4-25(5-3-24)38-11-13-39(14-12-38)26-19-42-20-26/h6,22-26,30,34-35H,1-5,7-17,19-21H2,(H2,32,41)(H,33,36)/t22-,23+,24?,25?,30-/m1/s1. The molecule has 2 aliphatic carbocycles. The first kappa shape index (κ1) is 30.6. The number of carbonyl (C=O) groups excluding carboxylic acids is 1. The monoisotopic (exact) mass is 598 g/mol. The van der Waals surface area contributed by atoms with Crippen molar-refractivity contribution < 1.29 is 14.3 Å². The van der Waals surface area contributed by atoms with Crippen LogP contribution in [-0.2, 0) is 9.47 Å². The second-order valence-electron chi connectivity index (χ2n) is 12.9. The highest BCUT2D eigenvalue weighted by atomic mass is 16.5. The van der Waals surface area contributed by atoms with Crippen molar-refractivity contribution in [3.05, 3.63) is 11.8 Å². The van der Waals surface area contributed by atoms with E-state index in [1.54, 1.807) is 4.90 Å². The van der Waals surface area contributed by atoms with Crippen molar-refractivity contribution in [3.63, 3.8) is 0 Å². The van der Waals surface area contributed by atoms with Gasteiger partial charge in [0.05, 0.1) is 32.0 Å². The lowest BCUT2D eigenvalue weighted by Crippen LogP contribution is -2.62. The van der Waals surface area contributed by atoms with E-state index in [2.05, 4.69) is 42.8 Å². The van der Waals surface area contributed by atoms with E-state index in [9.17, 15) is 10.1 Å². The summed E-state index contributed by atoms with van der Waals surface area (Å²) < 4.78 is 11.5. The van der Waals surface area contributed by atoms with E-state index < -0.39 is 0 Å². The Balaban J connectivity index is 0.900. The first-order valence-corrected chi connectivity index (χ1v) is 16.4. The molecule has 0 aromatic rings. The zero-order valence-electron chi connectivity index (χ0n) is 25.5. The number of carbonyl (C=O) groups is 1. The van der Waals surface area contributed by atoms with Crippen molar-refractivity contribution in [1.29, 1.82) is 5.26 Å². The fraction of sp³-hybridized carbons (Fsp3) is 0.833. The van der Waals surface area contributed by atoms with Crippen LogP contribution in [0.5, 0.6) is 0 Å². The molecule has 0 aromatic heterocycles. The average Bonchev–Trinajstić information content (AvgIpc) is 3.01. The third kappa shape index (κ3) is 7.79. The van der Waals surface area contributed by atoms with Gasteiger partial charge in [0, 0.05) is 76.9 Å². The molecule has 6 rings (SSSR count). The first-order valence-electron chi connectivity index (χ1n) is 16.4. The molecule has 4 aliphatic heterocycles. The number of nitriles is 1. The number of allylic oxidation sites excluding steroid dienone is 2. The van der Waals surface area contributed by atoms with Gasteiger partial charge in [-0.1, -0.05) is 0 Å². The highest BCUT2D eigenvalue weighted by molar-refractivity contribution is 5.85. The van der Waals surface area contributed by atoms with Gasteiger partial charge in [-0.2, -0.15) is 5.26 Å². The molecule has 0 unspecified atom stereocenters. The Morgan fingerprint density at radius 2 is 1.79 bits per heavy atom. The topological polar surface area (TPSA) is 147 Å². The Labute approximate surface area is 255 Å². The first-order chi connectivity index (χ1) is 21.1. The summed E-state index contributed by atoms with van der Waals surface area (Å²) in [6.07, 6.45) is 8.50. The normalized spacial score (nSPS) is 33.5. The number of aliphatic imine (C=N–C) groups is 1. The van der Waals surface area contributed by atoms with Gasteiger partial charge >= 0.3 is 6.03 Å². The number of amides is 2. The van der Waals surface area contributed by atoms with Crippen molar-refractivity contribution in [1.82, 2.24) is 35.6 Å². The fourth-order valence-corrected chi connectivity index (χ4v) is 7.44. The van der Waals surface area contributed by atoms with Crippen molar-refractivity contribution in [2.45, 2.75) is 62.9 Å². The Kier molecular flexibility index (Phi) is 10.3. The van der Waals surface area contributed by atoms with Gasteiger partial charge in [0.15, 0.2) is 0 Å². The Bertz CT molecular complexity index is 1040. The van der Waals surface area contributed by atoms with E-state index in [-0.39, 0.29) is 24.2 Å². The summed E-state index contributed by atoms with van der Waals surface area (Å²) in [5.41, 5.74) is 5.38. The number of amidine groups is 1. The van der Waals surface area contributed by atoms with Crippen LogP contribution in [0.1, 0.15) is 38.5 Å². The molecule has 0 radical (unpaired) electrons. The summed E-state index contributed by atoms with van der Waals surface area (Å²) in [5, 5.41) is 20.8. The number of primary amides is 1. The van der Waals surface area contributed by atoms with E-state index in [0.717, 1.165) is 50.9 Å². The Morgan fingerprint density at radius 3 is 2.44 bits per heavy atom. The van der Waals surface area contributed by atoms with Crippen LogP contribution in [0.25, 0.3) is 0 Å². The molecule has 0 bridgehead atoms. The average molecular weight is 599 g/mol. The van der Waals surface area contributed by atoms with Gasteiger partial charge in [-0.3, -0.25) is 30.3 Å². The number of hydrogen-bond donors (Lipinski definition) is 4. The quantitative estimate of drug-likeness (QED) is 0.283. The lowest BCUT2D eigenvalue weighted by atomic mass is 9.85. The minimum atomic E-state index is -0.354. The number of piperazine rings is 2. The molecular formula is C30H50N10O3. The molecule has 238 valence electrons. The summed E-state index contributed by atoms with van der Waals surface area (Å²) in [6.45, 7) is 11.3. The molecule has 2 amide bonds. The van der Waals surface area contributed by atoms with E-state index in [1.165, 1.54) is 51.9 Å². The third-order valence-corrected chi connectivity index (χ3v) is 10.3. The number of nitrogens with one attached hydrogen (secondary N) is 3. The third-order valence-electron chi connectivity index (χ3n) is 10.3. The molecule has 3 atom stereocenters. The summed E-state index contributed by atoms with van der Waals surface area (Å²) in [6, 6.07) is 3.97. The largest absolute Gasteiger partial charge is 0.496 e. The van der Waals surface area contributed by atoms with Crippen LogP contribution in [0.2, 0.25) is 0 Å². The number of ether oxygens (including phenoxy) is 2. The van der Waals surface area contributed by atoms with Crippen LogP contribution >= 0.6 is 0 Å². The Morgan fingerprint density at radius 1 is 1.07 bits per heavy atom. The molecule has 0 aromatic carbocycles. The number of rotatable bonds is 9. The fourth-order valence-electron chi connectivity index (χ4n) is 7.44. The number of nitrogens with zero attached hydrogens (tertiary/aromatic N) is 6. The predicted molar refractivity (Wildman–Crippen MR) is 163 cm³/mol. The van der Waals surface area contributed by atoms with Crippen molar-refractivity contribution in [3.8, 4) is 6.07 Å². The van der Waals surface area contributed by atoms with Gasteiger partial charge in [0.25, 0.3) is 0 Å². The van der Waals surface area contributed by atoms with Crippen molar-refractivity contribution in [2.24, 2.45) is 22.6 Å². The number of nitrogens with two attached hydrogens (primary N) is 1. The molecule has 4 fully saturated rings. The summed E-state index contributed by atoms with van der Waals surface area (Å²) in [7, 11) is 0. The second-order valence-corrected chi connectivity index (χ2v) is 12.9. The second kappa shape index (κ2) is 14.5. The SMILES string of the molecule is N#C[C@@H]1C[C@H](C2=NCN[C@H](NC3CCC(N4CCN(C5COC5)CC4)CC3)N2)CC=C1OCCN1CCN(C(N)=O)CC1. The van der Waals surface area contributed by atoms with Gasteiger partial charge in [-0.25, -0.2) is 4.79 Å². The molecule has 3 saturated heterocycles. The molecule has 1 saturated carbocycles. The maximum atomic E-state index is 11.3. The van der Waals surface area contributed by atoms with E-state index in [4.69, 9.17) is 20.2 Å². The minimum Gasteiger partial charge on any atom is -0.496 e. The molecule has 13 nitrogen and oxygen atoms in total. The predicted octanol–water partition coefficient (Wildman–Crippen LogP) is -0.117. The van der Waals surface area contributed by atoms with Gasteiger partial charge in [-0.05, 0) is 44.6 Å². The molecule has 4 heterocycles. The van der Waals surface area contributed by atoms with Crippen LogP contribution in [0.15, 0.2) is 16.8 Å². The molecule has 5 N–H and O–H groups in total. The molecular weight excluding hydrogens is 548 g/mol. The van der Waals surface area contributed by atoms with Gasteiger partial charge in [-0.15, -0.1) is 0 Å². The van der Waals surface area contributed by atoms with E-state index in [0.29, 0.717) is 50.9 Å². The van der Waals surface area contributed by atoms with E-state index >= 15 is 0 Å². The van der Waals surface area contributed by atoms with Crippen molar-refractivity contribution in [2.75, 3.05) is 85.4 Å². The van der Waals surface area contributed by atoms with Crippen LogP contribution in [0.3, 0.4) is 0 Å². The minimum absolute atomic E-state index is 0.000478. The van der Waals surface area contributed by atoms with Gasteiger partial charge < -0.3 is 25.4 Å². The summed E-state index contributed by atoms with van der Waals surface area (Å²) >= 11 is 0. The molecule has 0 spiro atoms. The van der Waals surface area contributed by atoms with E-state index in [1.807, 2.05) is 0 Å². The Hall–Kier alpha value is -2.47. The molecule has 6 aliphatic rings. The lowest BCUT2D eigenvalue weighted by molar-refractivity contribution is -0.0809. The zero-order chi connectivity index (χ0) is 29.6. The smallest absolute Gasteiger partial charge is 0.314 e. The van der Waals surface area contributed by atoms with Crippen LogP contribution < -0.4 is 21.7 Å². The summed E-state index contributed by atoms with van der Waals surface area (Å²) in [5.74, 6) is 1.69. The van der Waals surface area contributed by atoms with Crippen LogP contribution in [-0.4, -0.2) is 141 Å². The van der Waals surface area contributed by atoms with Gasteiger partial charge in [0.1, 0.15) is 30.4 Å². The lowest BCUT2D eigenvalue weighted by Gasteiger charge is -2.46. The van der Waals surface area contributed by atoms with Gasteiger partial charge in [0.2, 0.25) is 0 Å². The van der Waals surface area contributed by atoms with Crippen LogP contribution in [0.4, 0.5) is 4.79 Å². The van der Waals surface area contributed by atoms with Crippen LogP contribution in [0, 0.1) is 23.2 Å². The number of hydrogen-bond acceptors (Lipinski definition) is 11. The zero-order valence-corrected chi connectivity index (χ0v) is 25.5. The molecule has 13 heteroatoms. The molecule has 43 heavy (non-hydrogen) atoms. The highest BCUT2D eigenvalue weighted by Crippen LogP contribution is 2.31. The maximum absolute atomic E-state index is 11.3. The van der Waals surface area contributed by atoms with Crippen molar-refractivity contribution >= 4 is 11.9 Å². The number of urea groups is 1. The highest BCUT2D eigenvalue weighted by Gasteiger charge is 2.34.